The minimum absolute atomic E-state index is 0. The number of rotatable bonds is 0. The molecule has 0 aromatic carbocycles. The summed E-state index contributed by atoms with van der Waals surface area (Å²) < 4.78 is 8.74. The molecule has 0 fully saturated rings. The molecule has 74 valence electrons. The van der Waals surface area contributed by atoms with Crippen molar-refractivity contribution in [1.29, 1.82) is 0 Å². The van der Waals surface area contributed by atoms with Crippen LogP contribution in [-0.4, -0.2) is 29.6 Å². The van der Waals surface area contributed by atoms with Crippen LogP contribution in [0.4, 0.5) is 0 Å². The van der Waals surface area contributed by atoms with E-state index in [0.29, 0.717) is 0 Å². The van der Waals surface area contributed by atoms with Gasteiger partial charge >= 0.3 is 40.8 Å². The molecular weight excluding hydrogens is 207 g/mol. The molecule has 0 aliphatic heterocycles. The zero-order valence-corrected chi connectivity index (χ0v) is 7.25. The number of hydrogen-bond acceptors (Lipinski definition) is 4. The van der Waals surface area contributed by atoms with Crippen LogP contribution < -0.4 is 11.3 Å². The van der Waals surface area contributed by atoms with Crippen LogP contribution in [0, 0.1) is 0 Å². The summed E-state index contributed by atoms with van der Waals surface area (Å²) in [7, 11) is 0. The van der Waals surface area contributed by atoms with Crippen LogP contribution in [0.3, 0.4) is 0 Å². The molecule has 0 saturated heterocycles. The van der Waals surface area contributed by atoms with Crippen molar-refractivity contribution in [1.82, 2.24) is 0 Å². The SMILES string of the molecule is O=c1cccco1.O=c1cccco1.[NaH]. The standard InChI is InChI=1S/2C5H4O2.Na.H/c2*6-5-3-1-2-4-7-5;;/h2*1-4H;;. The van der Waals surface area contributed by atoms with Crippen LogP contribution in [0.2, 0.25) is 0 Å². The molecule has 4 nitrogen and oxygen atoms in total. The summed E-state index contributed by atoms with van der Waals surface area (Å²) >= 11 is 0. The Morgan fingerprint density at radius 3 is 1.27 bits per heavy atom. The molecule has 5 heteroatoms. The van der Waals surface area contributed by atoms with Crippen LogP contribution in [0.25, 0.3) is 0 Å². The molecule has 0 radical (unpaired) electrons. The quantitative estimate of drug-likeness (QED) is 0.606. The van der Waals surface area contributed by atoms with Crippen molar-refractivity contribution in [3.63, 3.8) is 0 Å². The van der Waals surface area contributed by atoms with Gasteiger partial charge in [-0.1, -0.05) is 12.1 Å². The first-order chi connectivity index (χ1) is 6.79. The molecule has 0 saturated carbocycles. The second-order valence-corrected chi connectivity index (χ2v) is 2.25. The fourth-order valence-corrected chi connectivity index (χ4v) is 0.650. The van der Waals surface area contributed by atoms with Crippen LogP contribution in [0.1, 0.15) is 0 Å². The third kappa shape index (κ3) is 6.90. The van der Waals surface area contributed by atoms with Crippen LogP contribution in [-0.2, 0) is 0 Å². The predicted octanol–water partition coefficient (Wildman–Crippen LogP) is 0.631. The van der Waals surface area contributed by atoms with Gasteiger partial charge in [-0.25, -0.2) is 9.59 Å². The first kappa shape index (κ1) is 13.9. The molecule has 2 rings (SSSR count). The number of hydrogen-bond donors (Lipinski definition) is 0. The predicted molar refractivity (Wildman–Crippen MR) is 57.1 cm³/mol. The van der Waals surface area contributed by atoms with Crippen molar-refractivity contribution in [3.05, 3.63) is 69.8 Å². The molecule has 2 heterocycles. The third-order valence-electron chi connectivity index (χ3n) is 1.21. The zero-order chi connectivity index (χ0) is 10.2. The van der Waals surface area contributed by atoms with E-state index in [-0.39, 0.29) is 40.8 Å². The molecule has 2 aromatic rings. The summed E-state index contributed by atoms with van der Waals surface area (Å²) in [5, 5.41) is 0. The van der Waals surface area contributed by atoms with Crippen molar-refractivity contribution in [2.45, 2.75) is 0 Å². The topological polar surface area (TPSA) is 60.4 Å². The summed E-state index contributed by atoms with van der Waals surface area (Å²) in [6.45, 7) is 0. The summed E-state index contributed by atoms with van der Waals surface area (Å²) in [6.07, 6.45) is 2.70. The van der Waals surface area contributed by atoms with E-state index < -0.39 is 0 Å². The normalized spacial score (nSPS) is 8.00. The van der Waals surface area contributed by atoms with Gasteiger partial charge in [0, 0.05) is 12.1 Å². The summed E-state index contributed by atoms with van der Waals surface area (Å²) in [6, 6.07) is 9.29. The Morgan fingerprint density at radius 1 is 0.733 bits per heavy atom. The van der Waals surface area contributed by atoms with E-state index in [2.05, 4.69) is 8.83 Å². The van der Waals surface area contributed by atoms with Crippen molar-refractivity contribution >= 4 is 29.6 Å². The Morgan fingerprint density at radius 2 is 1.13 bits per heavy atom. The third-order valence-corrected chi connectivity index (χ3v) is 1.21. The van der Waals surface area contributed by atoms with Gasteiger partial charge in [-0.15, -0.1) is 0 Å². The van der Waals surface area contributed by atoms with E-state index in [1.807, 2.05) is 0 Å². The molecule has 0 spiro atoms. The van der Waals surface area contributed by atoms with E-state index in [4.69, 9.17) is 0 Å². The maximum absolute atomic E-state index is 10.1. The van der Waals surface area contributed by atoms with E-state index in [0.717, 1.165) is 0 Å². The molecule has 0 amide bonds. The van der Waals surface area contributed by atoms with Crippen LogP contribution >= 0.6 is 0 Å². The molecule has 0 atom stereocenters. The van der Waals surface area contributed by atoms with Crippen molar-refractivity contribution in [2.75, 3.05) is 0 Å². The summed E-state index contributed by atoms with van der Waals surface area (Å²) in [5.41, 5.74) is -0.606. The fourth-order valence-electron chi connectivity index (χ4n) is 0.650. The van der Waals surface area contributed by atoms with E-state index in [1.165, 1.54) is 24.7 Å². The molecule has 2 aromatic heterocycles. The van der Waals surface area contributed by atoms with Gasteiger partial charge in [-0.2, -0.15) is 0 Å². The summed E-state index contributed by atoms with van der Waals surface area (Å²) in [4.78, 5) is 20.2. The van der Waals surface area contributed by atoms with Gasteiger partial charge in [0.05, 0.1) is 12.5 Å². The van der Waals surface area contributed by atoms with Gasteiger partial charge in [-0.05, 0) is 12.1 Å². The van der Waals surface area contributed by atoms with E-state index in [9.17, 15) is 9.59 Å². The molecule has 0 aliphatic rings. The van der Waals surface area contributed by atoms with Gasteiger partial charge in [0.15, 0.2) is 0 Å². The fraction of sp³-hybridized carbons (Fsp3) is 0. The molecule has 0 unspecified atom stereocenters. The van der Waals surface area contributed by atoms with Gasteiger partial charge in [0.1, 0.15) is 0 Å². The molecule has 0 bridgehead atoms. The van der Waals surface area contributed by atoms with Gasteiger partial charge in [-0.3, -0.25) is 0 Å². The van der Waals surface area contributed by atoms with Crippen molar-refractivity contribution in [2.24, 2.45) is 0 Å². The van der Waals surface area contributed by atoms with Crippen LogP contribution in [0.15, 0.2) is 67.3 Å². The first-order valence-corrected chi connectivity index (χ1v) is 3.87. The summed E-state index contributed by atoms with van der Waals surface area (Å²) in [5.74, 6) is 0. The van der Waals surface area contributed by atoms with Gasteiger partial charge < -0.3 is 8.83 Å². The van der Waals surface area contributed by atoms with E-state index in [1.54, 1.807) is 24.3 Å². The second-order valence-electron chi connectivity index (χ2n) is 2.25. The van der Waals surface area contributed by atoms with Crippen molar-refractivity contribution < 1.29 is 8.83 Å². The Balaban J connectivity index is 0.000000245. The Kier molecular flexibility index (Phi) is 7.62. The Labute approximate surface area is 108 Å². The van der Waals surface area contributed by atoms with Crippen molar-refractivity contribution in [3.8, 4) is 0 Å². The average molecular weight is 216 g/mol. The van der Waals surface area contributed by atoms with Gasteiger partial charge in [0.25, 0.3) is 0 Å². The molecule has 0 aliphatic carbocycles. The zero-order valence-electron chi connectivity index (χ0n) is 7.25. The average Bonchev–Trinajstić information content (AvgIpc) is 2.21. The first-order valence-electron chi connectivity index (χ1n) is 3.87. The van der Waals surface area contributed by atoms with E-state index >= 15 is 0 Å². The van der Waals surface area contributed by atoms with Gasteiger partial charge in [0.2, 0.25) is 0 Å². The molecule has 0 N–H and O–H groups in total. The Bertz CT molecular complexity index is 394. The second kappa shape index (κ2) is 8.23. The van der Waals surface area contributed by atoms with Crippen LogP contribution in [0.5, 0.6) is 0 Å². The molecule has 15 heavy (non-hydrogen) atoms. The monoisotopic (exact) mass is 216 g/mol. The maximum atomic E-state index is 10.1. The Hall–Kier alpha value is -1.10. The molecular formula is C10H9NaO4. The minimum atomic E-state index is -0.303.